The van der Waals surface area contributed by atoms with Gasteiger partial charge in [0.15, 0.2) is 5.54 Å². The fourth-order valence-electron chi connectivity index (χ4n) is 3.29. The number of pyridine rings is 1. The smallest absolute Gasteiger partial charge is 0.268 e. The number of carbonyl (C=O) groups is 3. The first-order valence-electron chi connectivity index (χ1n) is 9.91. The van der Waals surface area contributed by atoms with Crippen molar-refractivity contribution in [3.63, 3.8) is 0 Å². The van der Waals surface area contributed by atoms with E-state index in [2.05, 4.69) is 25.9 Å². The highest BCUT2D eigenvalue weighted by molar-refractivity contribution is 6.47. The Morgan fingerprint density at radius 1 is 1.24 bits per heavy atom. The topological polar surface area (TPSA) is 142 Å². The Balaban J connectivity index is 1.80. The molecule has 174 valence electrons. The van der Waals surface area contributed by atoms with Crippen LogP contribution in [0.4, 0.5) is 10.2 Å². The van der Waals surface area contributed by atoms with Crippen LogP contribution in [0.25, 0.3) is 0 Å². The maximum Gasteiger partial charge on any atom is 0.268 e. The summed E-state index contributed by atoms with van der Waals surface area (Å²) in [6, 6.07) is 6.34. The molecule has 1 atom stereocenters. The zero-order valence-electron chi connectivity index (χ0n) is 18.0. The van der Waals surface area contributed by atoms with Gasteiger partial charge >= 0.3 is 0 Å². The molecular formula is C21H23ClFN7O3. The van der Waals surface area contributed by atoms with Crippen molar-refractivity contribution in [3.05, 3.63) is 58.5 Å². The third-order valence-corrected chi connectivity index (χ3v) is 5.29. The van der Waals surface area contributed by atoms with Gasteiger partial charge in [0.05, 0.1) is 17.3 Å². The van der Waals surface area contributed by atoms with Crippen LogP contribution >= 0.6 is 11.6 Å². The number of rotatable bonds is 8. The summed E-state index contributed by atoms with van der Waals surface area (Å²) in [5.74, 6) is -2.35. The van der Waals surface area contributed by atoms with E-state index < -0.39 is 29.1 Å². The fraction of sp³-hybridized carbons (Fsp3) is 0.286. The van der Waals surface area contributed by atoms with E-state index >= 15 is 0 Å². The molecule has 1 aliphatic heterocycles. The first-order chi connectivity index (χ1) is 15.6. The Morgan fingerprint density at radius 2 is 2.00 bits per heavy atom. The van der Waals surface area contributed by atoms with Crippen LogP contribution in [0, 0.1) is 5.82 Å². The number of amides is 3. The van der Waals surface area contributed by atoms with E-state index in [9.17, 15) is 18.8 Å². The maximum atomic E-state index is 13.2. The normalized spacial score (nSPS) is 17.5. The van der Waals surface area contributed by atoms with Gasteiger partial charge in [0.1, 0.15) is 17.3 Å². The number of aliphatic imine (C=N–C) groups is 1. The maximum absolute atomic E-state index is 13.2. The number of benzene rings is 1. The molecule has 5 N–H and O–H groups in total. The van der Waals surface area contributed by atoms with Gasteiger partial charge in [0.25, 0.3) is 11.8 Å². The minimum atomic E-state index is -1.67. The molecule has 1 aromatic carbocycles. The molecule has 0 fully saturated rings. The van der Waals surface area contributed by atoms with Gasteiger partial charge in [0.2, 0.25) is 5.91 Å². The van der Waals surface area contributed by atoms with E-state index in [0.717, 1.165) is 12.1 Å². The van der Waals surface area contributed by atoms with Crippen LogP contribution in [0.2, 0.25) is 5.02 Å². The summed E-state index contributed by atoms with van der Waals surface area (Å²) >= 11 is 5.92. The quantitative estimate of drug-likeness (QED) is 0.437. The Hall–Kier alpha value is -3.41. The fourth-order valence-corrected chi connectivity index (χ4v) is 3.54. The van der Waals surface area contributed by atoms with E-state index in [-0.39, 0.29) is 34.3 Å². The summed E-state index contributed by atoms with van der Waals surface area (Å²) in [6.45, 7) is 0.972. The standard InChI is InChI=1S/C21H23ClFN7O3/c1-30(2)8-7-25-19(32)17-21(20(24)33,28-11-27-17)12-3-6-16(26-10-12)29-18(31)14-5-4-13(23)9-15(14)22/h3-6,9-10,28H,7-8,11H2,1-2H3,(H2,24,33)(H,25,32)(H,26,29,31). The van der Waals surface area contributed by atoms with Gasteiger partial charge in [-0.25, -0.2) is 9.37 Å². The van der Waals surface area contributed by atoms with Crippen LogP contribution in [0.1, 0.15) is 15.9 Å². The number of nitrogens with two attached hydrogens (primary N) is 1. The predicted molar refractivity (Wildman–Crippen MR) is 121 cm³/mol. The number of hydrogen-bond donors (Lipinski definition) is 4. The second-order valence-corrected chi connectivity index (χ2v) is 7.93. The van der Waals surface area contributed by atoms with E-state index in [0.29, 0.717) is 13.1 Å². The SMILES string of the molecule is CN(C)CCNC(=O)C1=NCNC1(C(N)=O)c1ccc(NC(=O)c2ccc(F)cc2Cl)nc1. The van der Waals surface area contributed by atoms with E-state index in [1.807, 2.05) is 19.0 Å². The molecule has 2 aromatic rings. The number of nitrogens with zero attached hydrogens (tertiary/aromatic N) is 3. The molecule has 0 saturated carbocycles. The second kappa shape index (κ2) is 10.0. The van der Waals surface area contributed by atoms with Crippen LogP contribution in [0.15, 0.2) is 41.5 Å². The van der Waals surface area contributed by atoms with Crippen molar-refractivity contribution in [2.75, 3.05) is 39.2 Å². The molecule has 1 unspecified atom stereocenters. The predicted octanol–water partition coefficient (Wildman–Crippen LogP) is 0.487. The second-order valence-electron chi connectivity index (χ2n) is 7.53. The molecule has 0 radical (unpaired) electrons. The van der Waals surface area contributed by atoms with Crippen molar-refractivity contribution in [2.24, 2.45) is 10.7 Å². The van der Waals surface area contributed by atoms with E-state index in [1.54, 1.807) is 0 Å². The van der Waals surface area contributed by atoms with Crippen LogP contribution < -0.4 is 21.7 Å². The van der Waals surface area contributed by atoms with Gasteiger partial charge in [-0.3, -0.25) is 24.7 Å². The summed E-state index contributed by atoms with van der Waals surface area (Å²) in [5, 5.41) is 8.10. The van der Waals surface area contributed by atoms with E-state index in [1.165, 1.54) is 24.4 Å². The van der Waals surface area contributed by atoms with Crippen LogP contribution in [-0.2, 0) is 15.1 Å². The van der Waals surface area contributed by atoms with Gasteiger partial charge in [-0.05, 0) is 38.4 Å². The highest BCUT2D eigenvalue weighted by Crippen LogP contribution is 2.27. The zero-order chi connectivity index (χ0) is 24.2. The molecule has 0 bridgehead atoms. The molecule has 12 heteroatoms. The first kappa shape index (κ1) is 24.2. The number of aromatic nitrogens is 1. The Bertz CT molecular complexity index is 1110. The van der Waals surface area contributed by atoms with Crippen molar-refractivity contribution in [2.45, 2.75) is 5.54 Å². The lowest BCUT2D eigenvalue weighted by Gasteiger charge is -2.27. The van der Waals surface area contributed by atoms with Gasteiger partial charge in [-0.15, -0.1) is 0 Å². The molecule has 10 nitrogen and oxygen atoms in total. The monoisotopic (exact) mass is 475 g/mol. The highest BCUT2D eigenvalue weighted by Gasteiger charge is 2.49. The molecule has 1 aromatic heterocycles. The Labute approximate surface area is 194 Å². The first-order valence-corrected chi connectivity index (χ1v) is 10.3. The number of nitrogens with one attached hydrogen (secondary N) is 3. The number of hydrogen-bond acceptors (Lipinski definition) is 7. The van der Waals surface area contributed by atoms with E-state index in [4.69, 9.17) is 17.3 Å². The third-order valence-electron chi connectivity index (χ3n) is 4.98. The van der Waals surface area contributed by atoms with Crippen LogP contribution in [0.5, 0.6) is 0 Å². The lowest BCUT2D eigenvalue weighted by atomic mass is 9.85. The highest BCUT2D eigenvalue weighted by atomic mass is 35.5. The molecule has 3 amide bonds. The lowest BCUT2D eigenvalue weighted by Crippen LogP contribution is -2.58. The molecular weight excluding hydrogens is 453 g/mol. The average molecular weight is 476 g/mol. The largest absolute Gasteiger partial charge is 0.367 e. The summed E-state index contributed by atoms with van der Waals surface area (Å²) in [4.78, 5) is 47.8. The minimum Gasteiger partial charge on any atom is -0.367 e. The van der Waals surface area contributed by atoms with Crippen molar-refractivity contribution in [1.82, 2.24) is 20.5 Å². The zero-order valence-corrected chi connectivity index (χ0v) is 18.7. The lowest BCUT2D eigenvalue weighted by molar-refractivity contribution is -0.123. The number of carbonyl (C=O) groups excluding carboxylic acids is 3. The summed E-state index contributed by atoms with van der Waals surface area (Å²) in [5.41, 5.74) is 4.30. The summed E-state index contributed by atoms with van der Waals surface area (Å²) < 4.78 is 13.2. The molecule has 1 aliphatic rings. The van der Waals surface area contributed by atoms with Gasteiger partial charge in [0, 0.05) is 24.8 Å². The molecule has 0 saturated heterocycles. The molecule has 3 rings (SSSR count). The van der Waals surface area contributed by atoms with Crippen LogP contribution in [-0.4, -0.2) is 67.2 Å². The molecule has 0 spiro atoms. The summed E-state index contributed by atoms with van der Waals surface area (Å²) in [6.07, 6.45) is 1.31. The Kier molecular flexibility index (Phi) is 7.36. The third kappa shape index (κ3) is 5.16. The number of primary amides is 1. The molecule has 33 heavy (non-hydrogen) atoms. The van der Waals surface area contributed by atoms with Crippen molar-refractivity contribution in [1.29, 1.82) is 0 Å². The minimum absolute atomic E-state index is 0.0148. The molecule has 2 heterocycles. The summed E-state index contributed by atoms with van der Waals surface area (Å²) in [7, 11) is 3.73. The number of anilines is 1. The number of halogens is 2. The van der Waals surface area contributed by atoms with Crippen molar-refractivity contribution >= 4 is 40.9 Å². The Morgan fingerprint density at radius 3 is 2.61 bits per heavy atom. The van der Waals surface area contributed by atoms with Gasteiger partial charge < -0.3 is 21.3 Å². The van der Waals surface area contributed by atoms with Gasteiger partial charge in [-0.2, -0.15) is 0 Å². The number of likely N-dealkylation sites (N-methyl/N-ethyl adjacent to an activating group) is 1. The van der Waals surface area contributed by atoms with Gasteiger partial charge in [-0.1, -0.05) is 17.7 Å². The molecule has 0 aliphatic carbocycles. The van der Waals surface area contributed by atoms with Crippen molar-refractivity contribution < 1.29 is 18.8 Å². The van der Waals surface area contributed by atoms with Crippen molar-refractivity contribution in [3.8, 4) is 0 Å². The van der Waals surface area contributed by atoms with Crippen LogP contribution in [0.3, 0.4) is 0 Å². The average Bonchev–Trinajstić information content (AvgIpc) is 3.20.